The third-order valence-electron chi connectivity index (χ3n) is 5.13. The second-order valence-electron chi connectivity index (χ2n) is 7.67. The molecule has 1 amide bonds. The number of pyridine rings is 1. The Bertz CT molecular complexity index is 1140. The molecule has 1 saturated heterocycles. The highest BCUT2D eigenvalue weighted by molar-refractivity contribution is 5.99. The summed E-state index contributed by atoms with van der Waals surface area (Å²) < 4.78 is 42.2. The molecule has 32 heavy (non-hydrogen) atoms. The zero-order chi connectivity index (χ0) is 22.9. The molecule has 0 bridgehead atoms. The monoisotopic (exact) mass is 447 g/mol. The number of alkyl halides is 2. The summed E-state index contributed by atoms with van der Waals surface area (Å²) in [7, 11) is 1.29. The predicted molar refractivity (Wildman–Crippen MR) is 111 cm³/mol. The molecule has 1 saturated carbocycles. The van der Waals surface area contributed by atoms with Crippen LogP contribution in [0.1, 0.15) is 35.2 Å². The minimum Gasteiger partial charge on any atom is -0.496 e. The number of hydrogen-bond acceptors (Lipinski definition) is 6. The summed E-state index contributed by atoms with van der Waals surface area (Å²) in [6, 6.07) is 6.21. The van der Waals surface area contributed by atoms with Crippen molar-refractivity contribution in [2.75, 3.05) is 20.3 Å². The number of fused-ring (bicyclic) bond motifs is 1. The van der Waals surface area contributed by atoms with Crippen molar-refractivity contribution < 1.29 is 32.9 Å². The molecule has 0 spiro atoms. The highest BCUT2D eigenvalue weighted by atomic mass is 19.3. The number of methoxy groups -OCH3 is 1. The van der Waals surface area contributed by atoms with E-state index in [0.717, 1.165) is 0 Å². The molecule has 0 atom stereocenters. The Labute approximate surface area is 182 Å². The minimum atomic E-state index is -3.15. The van der Waals surface area contributed by atoms with Gasteiger partial charge in [-0.3, -0.25) is 9.20 Å². The van der Waals surface area contributed by atoms with E-state index in [1.807, 2.05) is 0 Å². The maximum atomic E-state index is 12.9. The number of carbonyl (C=O) groups is 1. The summed E-state index contributed by atoms with van der Waals surface area (Å²) in [5, 5.41) is 10.4. The van der Waals surface area contributed by atoms with E-state index in [4.69, 9.17) is 15.2 Å². The van der Waals surface area contributed by atoms with Crippen LogP contribution >= 0.6 is 0 Å². The average Bonchev–Trinajstić information content (AvgIpc) is 3.56. The maximum Gasteiger partial charge on any atom is 0.387 e. The predicted octanol–water partition coefficient (Wildman–Crippen LogP) is 3.10. The number of aromatic nitrogens is 2. The summed E-state index contributed by atoms with van der Waals surface area (Å²) in [6.07, 6.45) is 7.73. The quantitative estimate of drug-likeness (QED) is 0.601. The second kappa shape index (κ2) is 8.71. The van der Waals surface area contributed by atoms with Crippen molar-refractivity contribution in [3.05, 3.63) is 47.8 Å². The Morgan fingerprint density at radius 3 is 2.47 bits per heavy atom. The van der Waals surface area contributed by atoms with Crippen molar-refractivity contribution in [3.63, 3.8) is 0 Å². The molecule has 170 valence electrons. The lowest BCUT2D eigenvalue weighted by Gasteiger charge is -2.36. The van der Waals surface area contributed by atoms with Crippen LogP contribution in [0.25, 0.3) is 16.9 Å². The number of halogens is 2. The third kappa shape index (κ3) is 4.37. The Morgan fingerprint density at radius 2 is 1.94 bits per heavy atom. The largest absolute Gasteiger partial charge is 0.496 e. The van der Waals surface area contributed by atoms with Crippen LogP contribution in [0.3, 0.4) is 0 Å². The molecule has 8 nitrogen and oxygen atoms in total. The fourth-order valence-electron chi connectivity index (χ4n) is 3.28. The van der Waals surface area contributed by atoms with Gasteiger partial charge in [-0.1, -0.05) is 19.3 Å². The van der Waals surface area contributed by atoms with Gasteiger partial charge in [0.25, 0.3) is 5.91 Å². The number of amides is 1. The van der Waals surface area contributed by atoms with Gasteiger partial charge < -0.3 is 25.1 Å². The maximum absolute atomic E-state index is 12.9. The first-order valence-corrected chi connectivity index (χ1v) is 10.1. The molecule has 3 heterocycles. The SMILES string of the molecule is C1CC1.COc1cc(-c2cnc3cc(C4(O)COC4)ccn23)cc(OC(F)F)c1C(N)=O. The van der Waals surface area contributed by atoms with Gasteiger partial charge >= 0.3 is 6.61 Å². The van der Waals surface area contributed by atoms with E-state index in [9.17, 15) is 18.7 Å². The van der Waals surface area contributed by atoms with Crippen molar-refractivity contribution in [1.29, 1.82) is 0 Å². The topological polar surface area (TPSA) is 108 Å². The lowest BCUT2D eigenvalue weighted by molar-refractivity contribution is -0.184. The molecule has 3 aromatic rings. The summed E-state index contributed by atoms with van der Waals surface area (Å²) in [5.41, 5.74) is 6.15. The summed E-state index contributed by atoms with van der Waals surface area (Å²) >= 11 is 0. The van der Waals surface area contributed by atoms with E-state index in [-0.39, 0.29) is 24.5 Å². The summed E-state index contributed by atoms with van der Waals surface area (Å²) in [6.45, 7) is -2.74. The number of hydrogen-bond donors (Lipinski definition) is 2. The van der Waals surface area contributed by atoms with Gasteiger partial charge in [-0.15, -0.1) is 0 Å². The van der Waals surface area contributed by atoms with Gasteiger partial charge in [0, 0.05) is 11.8 Å². The van der Waals surface area contributed by atoms with Gasteiger partial charge in [0.1, 0.15) is 28.3 Å². The molecule has 1 aliphatic heterocycles. The number of rotatable bonds is 6. The van der Waals surface area contributed by atoms with Gasteiger partial charge in [-0.05, 0) is 29.8 Å². The Balaban J connectivity index is 0.000000754. The lowest BCUT2D eigenvalue weighted by Crippen LogP contribution is -2.46. The highest BCUT2D eigenvalue weighted by Crippen LogP contribution is 2.37. The van der Waals surface area contributed by atoms with Gasteiger partial charge in [-0.25, -0.2) is 4.98 Å². The first-order valence-electron chi connectivity index (χ1n) is 10.1. The Kier molecular flexibility index (Phi) is 5.98. The van der Waals surface area contributed by atoms with Gasteiger partial charge in [-0.2, -0.15) is 8.78 Å². The molecule has 2 aromatic heterocycles. The van der Waals surface area contributed by atoms with Crippen LogP contribution in [0, 0.1) is 0 Å². The number of nitrogens with two attached hydrogens (primary N) is 1. The number of carbonyl (C=O) groups excluding carboxylic acids is 1. The zero-order valence-electron chi connectivity index (χ0n) is 17.4. The van der Waals surface area contributed by atoms with E-state index in [1.54, 1.807) is 22.7 Å². The van der Waals surface area contributed by atoms with E-state index in [1.165, 1.54) is 44.7 Å². The van der Waals surface area contributed by atoms with Gasteiger partial charge in [0.05, 0.1) is 32.2 Å². The van der Waals surface area contributed by atoms with Crippen LogP contribution in [0.4, 0.5) is 8.78 Å². The molecule has 2 aliphatic rings. The molecule has 5 rings (SSSR count). The van der Waals surface area contributed by atoms with Crippen LogP contribution < -0.4 is 15.2 Å². The van der Waals surface area contributed by atoms with Crippen molar-refractivity contribution in [3.8, 4) is 22.8 Å². The average molecular weight is 447 g/mol. The first kappa shape index (κ1) is 22.0. The fraction of sp³-hybridized carbons (Fsp3) is 0.364. The lowest BCUT2D eigenvalue weighted by atomic mass is 9.93. The van der Waals surface area contributed by atoms with Crippen molar-refractivity contribution in [2.24, 2.45) is 5.73 Å². The van der Waals surface area contributed by atoms with Gasteiger partial charge in [0.2, 0.25) is 0 Å². The minimum absolute atomic E-state index is 0.00171. The van der Waals surface area contributed by atoms with Crippen LogP contribution in [-0.2, 0) is 10.3 Å². The molecule has 0 radical (unpaired) electrons. The van der Waals surface area contributed by atoms with Crippen molar-refractivity contribution in [2.45, 2.75) is 31.5 Å². The van der Waals surface area contributed by atoms with Gasteiger partial charge in [0.15, 0.2) is 0 Å². The Hall–Kier alpha value is -3.24. The smallest absolute Gasteiger partial charge is 0.387 e. The van der Waals surface area contributed by atoms with E-state index in [2.05, 4.69) is 9.72 Å². The highest BCUT2D eigenvalue weighted by Gasteiger charge is 2.38. The number of imidazole rings is 1. The summed E-state index contributed by atoms with van der Waals surface area (Å²) in [4.78, 5) is 16.0. The number of aliphatic hydroxyl groups is 1. The zero-order valence-corrected chi connectivity index (χ0v) is 17.4. The fourth-order valence-corrected chi connectivity index (χ4v) is 3.28. The Morgan fingerprint density at radius 1 is 1.25 bits per heavy atom. The van der Waals surface area contributed by atoms with Crippen LogP contribution in [0.2, 0.25) is 0 Å². The number of benzene rings is 1. The number of ether oxygens (including phenoxy) is 3. The van der Waals surface area contributed by atoms with E-state index >= 15 is 0 Å². The summed E-state index contributed by atoms with van der Waals surface area (Å²) in [5.74, 6) is -1.35. The standard InChI is InChI=1S/C19H17F2N3O5.C3H6/c1-27-13-4-10(5-14(29-18(20)21)16(13)17(22)25)12-7-23-15-6-11(2-3-24(12)15)19(26)8-28-9-19;1-2-3-1/h2-7,18,26H,8-9H2,1H3,(H2,22,25);1-3H2. The number of primary amides is 1. The van der Waals surface area contributed by atoms with Crippen LogP contribution in [0.15, 0.2) is 36.7 Å². The van der Waals surface area contributed by atoms with Crippen molar-refractivity contribution >= 4 is 11.6 Å². The molecule has 0 unspecified atom stereocenters. The molecule has 1 aliphatic carbocycles. The molecule has 3 N–H and O–H groups in total. The van der Waals surface area contributed by atoms with Crippen LogP contribution in [0.5, 0.6) is 11.5 Å². The molecular weight excluding hydrogens is 424 g/mol. The molecular formula is C22H23F2N3O5. The normalized spacial score (nSPS) is 16.2. The third-order valence-corrected chi connectivity index (χ3v) is 5.13. The number of nitrogens with zero attached hydrogens (tertiary/aromatic N) is 2. The van der Waals surface area contributed by atoms with E-state index in [0.29, 0.717) is 22.5 Å². The first-order chi connectivity index (χ1) is 15.3. The van der Waals surface area contributed by atoms with Crippen LogP contribution in [-0.4, -0.2) is 47.3 Å². The molecule has 2 fully saturated rings. The molecule has 1 aromatic carbocycles. The second-order valence-corrected chi connectivity index (χ2v) is 7.67. The van der Waals surface area contributed by atoms with Crippen molar-refractivity contribution in [1.82, 2.24) is 9.38 Å². The van der Waals surface area contributed by atoms with E-state index < -0.39 is 23.9 Å². The molecule has 10 heteroatoms.